The van der Waals surface area contributed by atoms with Gasteiger partial charge in [0.1, 0.15) is 31.8 Å². The van der Waals surface area contributed by atoms with Crippen LogP contribution < -0.4 is 78.4 Å². The van der Waals surface area contributed by atoms with Crippen molar-refractivity contribution < 1.29 is 85.2 Å². The van der Waals surface area contributed by atoms with E-state index in [1.165, 1.54) is 0 Å². The van der Waals surface area contributed by atoms with Crippen LogP contribution in [0.3, 0.4) is 0 Å². The number of hydrogen-bond acceptors (Lipinski definition) is 10. The molecule has 0 aromatic rings. The average molecular weight is 655 g/mol. The molecule has 249 valence electrons. The monoisotopic (exact) mass is 654 g/mol. The van der Waals surface area contributed by atoms with Crippen LogP contribution in [0.4, 0.5) is 0 Å². The quantitative estimate of drug-likeness (QED) is 0.0261. The van der Waals surface area contributed by atoms with Gasteiger partial charge in [-0.05, 0) is 44.9 Å². The van der Waals surface area contributed by atoms with E-state index in [1.54, 1.807) is 0 Å². The van der Waals surface area contributed by atoms with Crippen molar-refractivity contribution >= 4 is 47.7 Å². The van der Waals surface area contributed by atoms with E-state index in [-0.39, 0.29) is 74.8 Å². The molecule has 45 heavy (non-hydrogen) atoms. The summed E-state index contributed by atoms with van der Waals surface area (Å²) in [7, 11) is 0. The minimum Gasteiger partial charge on any atom is -0.550 e. The molecule has 0 saturated carbocycles. The number of carboxylic acids is 1. The van der Waals surface area contributed by atoms with Gasteiger partial charge in [0.05, 0.1) is 13.2 Å². The number of primary amides is 1. The van der Waals surface area contributed by atoms with Gasteiger partial charge in [0, 0.05) is 38.3 Å². The normalized spacial score (nSPS) is 13.4. The Kier molecular flexibility index (Phi) is 24.3. The van der Waals surface area contributed by atoms with E-state index in [1.807, 2.05) is 0 Å². The predicted molar refractivity (Wildman–Crippen MR) is 150 cm³/mol. The largest absolute Gasteiger partial charge is 1.00 e. The molecule has 0 rings (SSSR count). The molecular weight excluding hydrogens is 607 g/mol. The standard InChI is InChI=1S/C26H45N8O10.Na/c27-11-1-2-12-30-20(37)8-7-19(25(43)32-17(23(29)41)4-3-14-35)34-26(44)18(6-9-21(38)31-13-15-36)33-24(42)16(28)5-10-22(39)40;/h14,16-19,28,36H,1-13,15,27H2,(H2,29,41)(H,30,37)(H,31,38)(H,32,43)(H,33,42)(H,34,44)(H,39,40);/q;+1/i14T;. The van der Waals surface area contributed by atoms with Crippen molar-refractivity contribution in [2.24, 2.45) is 5.73 Å². The van der Waals surface area contributed by atoms with Gasteiger partial charge in [0.25, 0.3) is 0 Å². The molecule has 0 aromatic heterocycles. The summed E-state index contributed by atoms with van der Waals surface area (Å²) in [4.78, 5) is 97.2. The van der Waals surface area contributed by atoms with Crippen LogP contribution in [-0.2, 0) is 38.4 Å². The van der Waals surface area contributed by atoms with Crippen molar-refractivity contribution in [3.05, 3.63) is 0 Å². The summed E-state index contributed by atoms with van der Waals surface area (Å²) >= 11 is 0. The van der Waals surface area contributed by atoms with Crippen LogP contribution >= 0.6 is 0 Å². The van der Waals surface area contributed by atoms with Crippen molar-refractivity contribution in [2.75, 3.05) is 26.2 Å². The van der Waals surface area contributed by atoms with E-state index in [0.29, 0.717) is 19.5 Å². The van der Waals surface area contributed by atoms with Crippen LogP contribution in [0.5, 0.6) is 0 Å². The fraction of sp³-hybridized carbons (Fsp3) is 0.692. The van der Waals surface area contributed by atoms with Crippen LogP contribution in [0.15, 0.2) is 0 Å². The fourth-order valence-corrected chi connectivity index (χ4v) is 3.69. The van der Waals surface area contributed by atoms with Gasteiger partial charge in [0.2, 0.25) is 35.4 Å². The van der Waals surface area contributed by atoms with Gasteiger partial charge >= 0.3 is 29.6 Å². The Morgan fingerprint density at radius 3 is 1.80 bits per heavy atom. The third kappa shape index (κ3) is 21.3. The maximum Gasteiger partial charge on any atom is 1.00 e. The number of aliphatic hydroxyl groups is 1. The molecule has 0 aliphatic carbocycles. The van der Waals surface area contributed by atoms with Crippen LogP contribution in [0.2, 0.25) is 0 Å². The van der Waals surface area contributed by atoms with E-state index < -0.39 is 91.1 Å². The maximum atomic E-state index is 13.3. The summed E-state index contributed by atoms with van der Waals surface area (Å²) in [5.41, 5.74) is 16.9. The number of rotatable bonds is 25. The Labute approximate surface area is 284 Å². The van der Waals surface area contributed by atoms with Gasteiger partial charge in [0.15, 0.2) is 0 Å². The number of carboxylic acid groups (broad SMARTS) is 1. The zero-order valence-electron chi connectivity index (χ0n) is 26.6. The van der Waals surface area contributed by atoms with Crippen molar-refractivity contribution in [3.63, 3.8) is 0 Å². The van der Waals surface area contributed by atoms with Gasteiger partial charge in [-0.15, -0.1) is 0 Å². The molecule has 18 nitrogen and oxygen atoms in total. The first kappa shape index (κ1) is 41.8. The summed E-state index contributed by atoms with van der Waals surface area (Å²) in [6, 6.07) is -5.98. The smallest absolute Gasteiger partial charge is 0.550 e. The first-order chi connectivity index (χ1) is 21.2. The molecule has 0 bridgehead atoms. The number of hydrogen-bond donors (Lipinski definition) is 8. The molecule has 4 atom stereocenters. The molecule has 1 radical (unpaired) electrons. The molecule has 0 spiro atoms. The molecule has 6 amide bonds. The van der Waals surface area contributed by atoms with Crippen molar-refractivity contribution in [2.45, 2.75) is 88.4 Å². The van der Waals surface area contributed by atoms with E-state index in [9.17, 15) is 43.5 Å². The van der Waals surface area contributed by atoms with Gasteiger partial charge in [-0.3, -0.25) is 28.8 Å². The predicted octanol–water partition coefficient (Wildman–Crippen LogP) is -9.10. The fourth-order valence-electron chi connectivity index (χ4n) is 3.69. The average Bonchev–Trinajstić information content (AvgIpc) is 2.98. The minimum atomic E-state index is -1.61. The first-order valence-corrected chi connectivity index (χ1v) is 14.3. The van der Waals surface area contributed by atoms with E-state index in [0.717, 1.165) is 6.42 Å². The number of aliphatic carboxylic acids is 1. The van der Waals surface area contributed by atoms with Gasteiger partial charge in [-0.2, -0.15) is 0 Å². The number of quaternary nitrogens is 1. The van der Waals surface area contributed by atoms with Gasteiger partial charge in [-0.25, -0.2) is 5.73 Å². The summed E-state index contributed by atoms with van der Waals surface area (Å²) in [5, 5.41) is 31.6. The zero-order valence-corrected chi connectivity index (χ0v) is 27.6. The number of unbranched alkanes of at least 4 members (excludes halogenated alkanes) is 1. The molecule has 0 fully saturated rings. The maximum absolute atomic E-state index is 13.3. The summed E-state index contributed by atoms with van der Waals surface area (Å²) in [6.07, 6.45) is -2.51. The second-order valence-corrected chi connectivity index (χ2v) is 9.79. The molecule has 19 heteroatoms. The summed E-state index contributed by atoms with van der Waals surface area (Å²) < 4.78 is 7.02. The number of carbonyl (C=O) groups is 8. The number of nitrogens with two attached hydrogens (primary N) is 1. The van der Waals surface area contributed by atoms with Crippen LogP contribution in [0.25, 0.3) is 0 Å². The van der Waals surface area contributed by atoms with Crippen molar-refractivity contribution in [1.29, 1.82) is 0 Å². The Morgan fingerprint density at radius 2 is 1.33 bits per heavy atom. The van der Waals surface area contributed by atoms with Gasteiger partial charge < -0.3 is 57.9 Å². The molecule has 0 aliphatic heterocycles. The number of nitrogens with one attached hydrogen (secondary N) is 6. The van der Waals surface area contributed by atoms with E-state index in [2.05, 4.69) is 32.3 Å². The van der Waals surface area contributed by atoms with Crippen LogP contribution in [0, 0.1) is 0 Å². The third-order valence-electron chi connectivity index (χ3n) is 6.17. The van der Waals surface area contributed by atoms with Crippen molar-refractivity contribution in [3.8, 4) is 0 Å². The number of carbonyl (C=O) groups excluding carboxylic acids is 8. The van der Waals surface area contributed by atoms with Crippen molar-refractivity contribution in [1.82, 2.24) is 32.3 Å². The minimum absolute atomic E-state index is 0. The zero-order chi connectivity index (χ0) is 34.4. The molecule has 12 N–H and O–H groups in total. The second-order valence-electron chi connectivity index (χ2n) is 9.79. The van der Waals surface area contributed by atoms with E-state index >= 15 is 0 Å². The molecule has 0 saturated heterocycles. The van der Waals surface area contributed by atoms with Crippen LogP contribution in [0.1, 0.15) is 65.6 Å². The van der Waals surface area contributed by atoms with Crippen LogP contribution in [-0.4, -0.2) is 103 Å². The number of amides is 6. The Hall–Kier alpha value is -3.16. The molecule has 0 aliphatic rings. The first-order valence-electron chi connectivity index (χ1n) is 14.8. The number of aliphatic hydroxyl groups excluding tert-OH is 1. The SMILES string of the molecule is [3H]C(=O)CCC(NC(=O)C(CCC(=O)NCCCC[NH3+])NC(=O)C(CCC(=O)NCCO)NC(=O)C([NH])CCC(=O)[O-])C(N)=O.[Na+]. The second kappa shape index (κ2) is 26.1. The Morgan fingerprint density at radius 1 is 0.822 bits per heavy atom. The topological polar surface area (TPSA) is 317 Å². The molecular formula is C26H45N8NaO10+. The summed E-state index contributed by atoms with van der Waals surface area (Å²) in [6.45, 7) is 0.594. The third-order valence-corrected chi connectivity index (χ3v) is 6.17. The Bertz CT molecular complexity index is 1040. The Balaban J connectivity index is 0. The molecule has 0 aromatic carbocycles. The summed E-state index contributed by atoms with van der Waals surface area (Å²) in [5.74, 6) is -6.55. The van der Waals surface area contributed by atoms with Gasteiger partial charge in [-0.1, -0.05) is 0 Å². The number of aldehydes is 1. The molecule has 0 heterocycles. The molecule has 4 unspecified atom stereocenters. The van der Waals surface area contributed by atoms with E-state index in [4.69, 9.17) is 17.9 Å².